The summed E-state index contributed by atoms with van der Waals surface area (Å²) in [5.41, 5.74) is 2.18. The number of nitrogens with one attached hydrogen (secondary N) is 1. The first-order valence-corrected chi connectivity index (χ1v) is 8.28. The van der Waals surface area contributed by atoms with Crippen molar-refractivity contribution >= 4 is 5.91 Å². The van der Waals surface area contributed by atoms with Gasteiger partial charge in [0.1, 0.15) is 12.4 Å². The Morgan fingerprint density at radius 2 is 1.80 bits per heavy atom. The van der Waals surface area contributed by atoms with E-state index in [2.05, 4.69) is 5.32 Å². The number of aryl methyl sites for hydroxylation is 2. The van der Waals surface area contributed by atoms with Gasteiger partial charge in [-0.1, -0.05) is 29.8 Å². The number of rotatable bonds is 8. The number of benzene rings is 2. The van der Waals surface area contributed by atoms with Crippen LogP contribution < -0.4 is 19.5 Å². The van der Waals surface area contributed by atoms with Crippen LogP contribution >= 0.6 is 0 Å². The molecule has 0 saturated carbocycles. The zero-order valence-electron chi connectivity index (χ0n) is 15.2. The van der Waals surface area contributed by atoms with Gasteiger partial charge in [0.15, 0.2) is 17.6 Å². The molecule has 0 aliphatic rings. The van der Waals surface area contributed by atoms with Crippen molar-refractivity contribution in [3.8, 4) is 17.2 Å². The first kappa shape index (κ1) is 18.6. The third kappa shape index (κ3) is 5.41. The fourth-order valence-corrected chi connectivity index (χ4v) is 2.39. The maximum absolute atomic E-state index is 12.1. The van der Waals surface area contributed by atoms with Crippen LogP contribution in [-0.2, 0) is 4.79 Å². The number of amides is 1. The summed E-state index contributed by atoms with van der Waals surface area (Å²) in [7, 11) is 1.59. The quantitative estimate of drug-likeness (QED) is 0.748. The van der Waals surface area contributed by atoms with Gasteiger partial charge in [-0.3, -0.25) is 4.79 Å². The maximum Gasteiger partial charge on any atom is 0.260 e. The van der Waals surface area contributed by atoms with Gasteiger partial charge in [-0.2, -0.15) is 0 Å². The van der Waals surface area contributed by atoms with Crippen LogP contribution in [0.2, 0.25) is 0 Å². The van der Waals surface area contributed by atoms with Crippen molar-refractivity contribution in [3.63, 3.8) is 0 Å². The maximum atomic E-state index is 12.1. The SMILES string of the molecule is COc1ccccc1OCCNC(=O)[C@@H](C)Oc1ccc(C)cc1C. The number of hydrogen-bond acceptors (Lipinski definition) is 4. The Kier molecular flexibility index (Phi) is 6.69. The lowest BCUT2D eigenvalue weighted by Crippen LogP contribution is -2.38. The smallest absolute Gasteiger partial charge is 0.260 e. The van der Waals surface area contributed by atoms with Gasteiger partial charge in [-0.25, -0.2) is 0 Å². The van der Waals surface area contributed by atoms with E-state index in [1.165, 1.54) is 0 Å². The average Bonchev–Trinajstić information content (AvgIpc) is 2.61. The largest absolute Gasteiger partial charge is 0.493 e. The van der Waals surface area contributed by atoms with E-state index >= 15 is 0 Å². The molecule has 0 aromatic heterocycles. The van der Waals surface area contributed by atoms with E-state index in [4.69, 9.17) is 14.2 Å². The summed E-state index contributed by atoms with van der Waals surface area (Å²) < 4.78 is 16.6. The van der Waals surface area contributed by atoms with Crippen LogP contribution in [0.25, 0.3) is 0 Å². The van der Waals surface area contributed by atoms with Crippen molar-refractivity contribution in [2.45, 2.75) is 26.9 Å². The lowest BCUT2D eigenvalue weighted by atomic mass is 10.1. The standard InChI is InChI=1S/C20H25NO4/c1-14-9-10-17(15(2)13-14)25-16(3)20(22)21-11-12-24-19-8-6-5-7-18(19)23-4/h5-10,13,16H,11-12H2,1-4H3,(H,21,22)/t16-/m1/s1. The first-order chi connectivity index (χ1) is 12.0. The second-order valence-electron chi connectivity index (χ2n) is 5.82. The summed E-state index contributed by atoms with van der Waals surface area (Å²) in [4.78, 5) is 12.1. The molecule has 0 fully saturated rings. The van der Waals surface area contributed by atoms with Gasteiger partial charge < -0.3 is 19.5 Å². The molecule has 2 aromatic rings. The van der Waals surface area contributed by atoms with Gasteiger partial charge in [0.05, 0.1) is 13.7 Å². The second-order valence-corrected chi connectivity index (χ2v) is 5.82. The summed E-state index contributed by atoms with van der Waals surface area (Å²) >= 11 is 0. The van der Waals surface area contributed by atoms with Gasteiger partial charge in [0.25, 0.3) is 5.91 Å². The summed E-state index contributed by atoms with van der Waals surface area (Å²) in [6.07, 6.45) is -0.576. The number of methoxy groups -OCH3 is 1. The molecule has 5 heteroatoms. The molecule has 0 heterocycles. The second kappa shape index (κ2) is 8.97. The molecule has 5 nitrogen and oxygen atoms in total. The molecule has 1 atom stereocenters. The molecule has 0 unspecified atom stereocenters. The zero-order valence-corrected chi connectivity index (χ0v) is 15.2. The van der Waals surface area contributed by atoms with Crippen molar-refractivity contribution in [1.82, 2.24) is 5.32 Å². The molecule has 1 N–H and O–H groups in total. The minimum atomic E-state index is -0.576. The van der Waals surface area contributed by atoms with Crippen LogP contribution in [0.5, 0.6) is 17.2 Å². The summed E-state index contributed by atoms with van der Waals surface area (Å²) in [5, 5.41) is 2.81. The highest BCUT2D eigenvalue weighted by Gasteiger charge is 2.15. The van der Waals surface area contributed by atoms with E-state index < -0.39 is 6.10 Å². The van der Waals surface area contributed by atoms with Crippen molar-refractivity contribution in [2.24, 2.45) is 0 Å². The Balaban J connectivity index is 1.77. The number of ether oxygens (including phenoxy) is 3. The van der Waals surface area contributed by atoms with Crippen LogP contribution in [0.1, 0.15) is 18.1 Å². The van der Waals surface area contributed by atoms with Crippen molar-refractivity contribution in [3.05, 3.63) is 53.6 Å². The Bertz CT molecular complexity index is 715. The van der Waals surface area contributed by atoms with Crippen molar-refractivity contribution in [2.75, 3.05) is 20.3 Å². The Morgan fingerprint density at radius 3 is 2.48 bits per heavy atom. The fourth-order valence-electron chi connectivity index (χ4n) is 2.39. The highest BCUT2D eigenvalue weighted by molar-refractivity contribution is 5.80. The predicted molar refractivity (Wildman–Crippen MR) is 97.5 cm³/mol. The van der Waals surface area contributed by atoms with Crippen LogP contribution in [0.15, 0.2) is 42.5 Å². The van der Waals surface area contributed by atoms with Crippen molar-refractivity contribution in [1.29, 1.82) is 0 Å². The van der Waals surface area contributed by atoms with Crippen molar-refractivity contribution < 1.29 is 19.0 Å². The van der Waals surface area contributed by atoms with E-state index in [9.17, 15) is 4.79 Å². The van der Waals surface area contributed by atoms with Gasteiger partial charge in [-0.15, -0.1) is 0 Å². The van der Waals surface area contributed by atoms with E-state index in [0.717, 1.165) is 16.9 Å². The molecule has 0 aliphatic carbocycles. The molecule has 0 aliphatic heterocycles. The molecule has 2 rings (SSSR count). The average molecular weight is 343 g/mol. The number of para-hydroxylation sites is 2. The molecule has 0 bridgehead atoms. The lowest BCUT2D eigenvalue weighted by molar-refractivity contribution is -0.127. The molecule has 1 amide bonds. The first-order valence-electron chi connectivity index (χ1n) is 8.28. The van der Waals surface area contributed by atoms with Crippen LogP contribution in [0.4, 0.5) is 0 Å². The van der Waals surface area contributed by atoms with Crippen LogP contribution in [0.3, 0.4) is 0 Å². The minimum Gasteiger partial charge on any atom is -0.493 e. The van der Waals surface area contributed by atoms with Crippen LogP contribution in [0, 0.1) is 13.8 Å². The molecular weight excluding hydrogens is 318 g/mol. The lowest BCUT2D eigenvalue weighted by Gasteiger charge is -2.17. The fraction of sp³-hybridized carbons (Fsp3) is 0.350. The number of hydrogen-bond donors (Lipinski definition) is 1. The van der Waals surface area contributed by atoms with Gasteiger partial charge in [-0.05, 0) is 44.5 Å². The Morgan fingerprint density at radius 1 is 1.08 bits per heavy atom. The van der Waals surface area contributed by atoms with Crippen LogP contribution in [-0.4, -0.2) is 32.3 Å². The molecule has 0 spiro atoms. The molecule has 2 aromatic carbocycles. The van der Waals surface area contributed by atoms with Gasteiger partial charge in [0, 0.05) is 0 Å². The van der Waals surface area contributed by atoms with E-state index in [1.54, 1.807) is 14.0 Å². The highest BCUT2D eigenvalue weighted by atomic mass is 16.5. The predicted octanol–water partition coefficient (Wildman–Crippen LogP) is 3.27. The normalized spacial score (nSPS) is 11.5. The third-order valence-corrected chi connectivity index (χ3v) is 3.73. The van der Waals surface area contributed by atoms with E-state index in [-0.39, 0.29) is 5.91 Å². The van der Waals surface area contributed by atoms with Gasteiger partial charge in [0.2, 0.25) is 0 Å². The third-order valence-electron chi connectivity index (χ3n) is 3.73. The van der Waals surface area contributed by atoms with E-state index in [0.29, 0.717) is 24.7 Å². The molecule has 0 radical (unpaired) electrons. The summed E-state index contributed by atoms with van der Waals surface area (Å²) in [6, 6.07) is 13.3. The monoisotopic (exact) mass is 343 g/mol. The topological polar surface area (TPSA) is 56.8 Å². The molecule has 25 heavy (non-hydrogen) atoms. The zero-order chi connectivity index (χ0) is 18.2. The summed E-state index contributed by atoms with van der Waals surface area (Å²) in [6.45, 7) is 6.46. The molecule has 0 saturated heterocycles. The Hall–Kier alpha value is -2.69. The number of carbonyl (C=O) groups excluding carboxylic acids is 1. The van der Waals surface area contributed by atoms with E-state index in [1.807, 2.05) is 56.3 Å². The molecule has 134 valence electrons. The summed E-state index contributed by atoms with van der Waals surface area (Å²) in [5.74, 6) is 1.86. The van der Waals surface area contributed by atoms with Gasteiger partial charge >= 0.3 is 0 Å². The number of carbonyl (C=O) groups is 1. The highest BCUT2D eigenvalue weighted by Crippen LogP contribution is 2.25. The molecular formula is C20H25NO4. The Labute approximate surface area is 148 Å². The minimum absolute atomic E-state index is 0.177.